The van der Waals surface area contributed by atoms with Gasteiger partial charge in [-0.3, -0.25) is 43.3 Å². The first-order valence-electron chi connectivity index (χ1n) is 21.7. The molecule has 0 aliphatic carbocycles. The predicted octanol–water partition coefficient (Wildman–Crippen LogP) is -3.30. The van der Waals surface area contributed by atoms with Crippen molar-refractivity contribution in [1.29, 1.82) is 0 Å². The number of carbonyl (C=O) groups is 9. The number of amides is 8. The summed E-state index contributed by atoms with van der Waals surface area (Å²) in [6, 6.07) is -6.29. The van der Waals surface area contributed by atoms with Crippen molar-refractivity contribution < 1.29 is 48.3 Å². The average molecular weight is 928 g/mol. The number of aliphatic imine (C=N–C) groups is 1. The molecule has 1 heterocycles. The molecule has 1 aliphatic rings. The number of carboxylic acid groups (broad SMARTS) is 1. The lowest BCUT2D eigenvalue weighted by Gasteiger charge is -2.29. The number of carbonyl (C=O) groups excluding carboxylic acids is 8. The molecule has 1 saturated heterocycles. The minimum absolute atomic E-state index is 0.0672. The van der Waals surface area contributed by atoms with Crippen molar-refractivity contribution >= 4 is 70.9 Å². The molecule has 1 aliphatic heterocycles. The predicted molar refractivity (Wildman–Crippen MR) is 242 cm³/mol. The number of guanidine groups is 1. The number of likely N-dealkylation sites (tertiary alicyclic amines) is 1. The molecular formula is C40H73N13O10S. The Bertz CT molecular complexity index is 1600. The number of hydrogen-bond donors (Lipinski definition) is 12. The molecule has 24 heteroatoms. The van der Waals surface area contributed by atoms with Crippen molar-refractivity contribution in [2.24, 2.45) is 39.8 Å². The van der Waals surface area contributed by atoms with Gasteiger partial charge in [-0.1, -0.05) is 27.7 Å². The van der Waals surface area contributed by atoms with Gasteiger partial charge in [0.2, 0.25) is 47.3 Å². The topological polar surface area (TPSA) is 378 Å². The third-order valence-corrected chi connectivity index (χ3v) is 10.6. The fourth-order valence-corrected chi connectivity index (χ4v) is 7.19. The van der Waals surface area contributed by atoms with Crippen LogP contribution < -0.4 is 60.2 Å². The van der Waals surface area contributed by atoms with E-state index in [9.17, 15) is 48.3 Å². The van der Waals surface area contributed by atoms with Crippen molar-refractivity contribution in [2.75, 3.05) is 51.3 Å². The van der Waals surface area contributed by atoms with E-state index in [0.29, 0.717) is 44.4 Å². The van der Waals surface area contributed by atoms with Crippen LogP contribution in [0.5, 0.6) is 0 Å². The lowest BCUT2D eigenvalue weighted by atomic mass is 10.0. The highest BCUT2D eigenvalue weighted by Crippen LogP contribution is 2.20. The molecule has 6 atom stereocenters. The van der Waals surface area contributed by atoms with Crippen LogP contribution in [0.3, 0.4) is 0 Å². The van der Waals surface area contributed by atoms with E-state index in [0.717, 1.165) is 0 Å². The highest BCUT2D eigenvalue weighted by atomic mass is 32.2. The van der Waals surface area contributed by atoms with E-state index in [1.165, 1.54) is 16.7 Å². The second-order valence-corrected chi connectivity index (χ2v) is 17.5. The summed E-state index contributed by atoms with van der Waals surface area (Å²) in [5.74, 6) is -6.04. The van der Waals surface area contributed by atoms with Gasteiger partial charge in [-0.05, 0) is 94.6 Å². The van der Waals surface area contributed by atoms with Gasteiger partial charge in [-0.2, -0.15) is 11.8 Å². The van der Waals surface area contributed by atoms with Crippen LogP contribution in [-0.4, -0.2) is 157 Å². The molecule has 1 rings (SSSR count). The smallest absolute Gasteiger partial charge is 0.326 e. The zero-order chi connectivity index (χ0) is 48.4. The number of unbranched alkanes of at least 4 members (excludes halogenated alkanes) is 1. The van der Waals surface area contributed by atoms with Gasteiger partial charge in [0.25, 0.3) is 0 Å². The van der Waals surface area contributed by atoms with Crippen molar-refractivity contribution in [1.82, 2.24) is 42.1 Å². The summed E-state index contributed by atoms with van der Waals surface area (Å²) in [7, 11) is 0. The summed E-state index contributed by atoms with van der Waals surface area (Å²) in [5.41, 5.74) is 22.2. The maximum Gasteiger partial charge on any atom is 0.326 e. The number of hydrogen-bond acceptors (Lipinski definition) is 13. The van der Waals surface area contributed by atoms with E-state index in [-0.39, 0.29) is 63.0 Å². The van der Waals surface area contributed by atoms with E-state index in [1.54, 1.807) is 6.26 Å². The van der Waals surface area contributed by atoms with Gasteiger partial charge in [-0.25, -0.2) is 4.79 Å². The SMILES string of the molecule is CSCC[C@H](NC(=O)[C@H](CCCN=C(N)N)NC(=O)CNC(=O)[C@@H](N)CC(C)C)C(=O)NCC(=O)N[C@@H](CC(C)C)C(=O)N1CCC[C@H]1C(=O)NCC(=O)N[C@@H](CCCCN)C(=O)O. The number of carboxylic acids is 1. The monoisotopic (exact) mass is 928 g/mol. The number of nitrogens with zero attached hydrogens (tertiary/aromatic N) is 2. The van der Waals surface area contributed by atoms with E-state index in [1.807, 2.05) is 27.7 Å². The molecule has 0 bridgehead atoms. The van der Waals surface area contributed by atoms with E-state index < -0.39 is 109 Å². The zero-order valence-corrected chi connectivity index (χ0v) is 38.7. The highest BCUT2D eigenvalue weighted by molar-refractivity contribution is 7.98. The lowest BCUT2D eigenvalue weighted by molar-refractivity contribution is -0.143. The molecule has 0 spiro atoms. The standard InChI is InChI=1S/C40H73N13O10S/c1-23(2)18-25(42)34(57)46-20-31(54)49-26(11-8-15-45-40(43)44)36(59)52-27(13-17-64-5)35(58)47-21-33(56)51-29(19-24(3)4)38(61)53-16-9-12-30(53)37(60)48-22-32(55)50-28(39(62)63)10-6-7-14-41/h23-30H,6-22,41-42H2,1-5H3,(H,46,57)(H,47,58)(H,48,60)(H,49,54)(H,50,55)(H,51,56)(H,52,59)(H,62,63)(H4,43,44,45)/t25-,26-,27-,28-,29-,30-/m0/s1. The van der Waals surface area contributed by atoms with E-state index >= 15 is 0 Å². The van der Waals surface area contributed by atoms with Crippen molar-refractivity contribution in [2.45, 2.75) is 128 Å². The highest BCUT2D eigenvalue weighted by Gasteiger charge is 2.38. The van der Waals surface area contributed by atoms with Gasteiger partial charge in [0, 0.05) is 13.1 Å². The number of rotatable bonds is 31. The average Bonchev–Trinajstić information content (AvgIpc) is 3.72. The first-order chi connectivity index (χ1) is 30.2. The number of aliphatic carboxylic acids is 1. The van der Waals surface area contributed by atoms with Crippen LogP contribution in [0.15, 0.2) is 4.99 Å². The van der Waals surface area contributed by atoms with Crippen LogP contribution in [0, 0.1) is 11.8 Å². The molecule has 0 aromatic rings. The lowest BCUT2D eigenvalue weighted by Crippen LogP contribution is -2.57. The summed E-state index contributed by atoms with van der Waals surface area (Å²) in [6.45, 7) is 6.70. The normalized spacial score (nSPS) is 15.8. The summed E-state index contributed by atoms with van der Waals surface area (Å²) in [6.07, 6.45) is 4.92. The maximum absolute atomic E-state index is 13.9. The van der Waals surface area contributed by atoms with Crippen molar-refractivity contribution in [3.8, 4) is 0 Å². The van der Waals surface area contributed by atoms with Gasteiger partial charge in [-0.15, -0.1) is 0 Å². The Labute approximate surface area is 379 Å². The Morgan fingerprint density at radius 1 is 0.703 bits per heavy atom. The molecule has 0 radical (unpaired) electrons. The zero-order valence-electron chi connectivity index (χ0n) is 37.9. The molecular weight excluding hydrogens is 855 g/mol. The molecule has 364 valence electrons. The summed E-state index contributed by atoms with van der Waals surface area (Å²) < 4.78 is 0. The quantitative estimate of drug-likeness (QED) is 0.0184. The van der Waals surface area contributed by atoms with Crippen LogP contribution in [-0.2, 0) is 43.2 Å². The van der Waals surface area contributed by atoms with Gasteiger partial charge in [0.15, 0.2) is 5.96 Å². The van der Waals surface area contributed by atoms with Gasteiger partial charge >= 0.3 is 5.97 Å². The first kappa shape index (κ1) is 56.8. The van der Waals surface area contributed by atoms with Gasteiger partial charge in [0.05, 0.1) is 25.7 Å². The van der Waals surface area contributed by atoms with Gasteiger partial charge in [0.1, 0.15) is 30.2 Å². The molecule has 23 nitrogen and oxygen atoms in total. The third kappa shape index (κ3) is 22.9. The summed E-state index contributed by atoms with van der Waals surface area (Å²) in [4.78, 5) is 122. The second kappa shape index (κ2) is 30.8. The Balaban J connectivity index is 2.99. The molecule has 0 saturated carbocycles. The number of nitrogens with two attached hydrogens (primary N) is 4. The molecule has 0 unspecified atom stereocenters. The van der Waals surface area contributed by atoms with Crippen molar-refractivity contribution in [3.63, 3.8) is 0 Å². The fraction of sp³-hybridized carbons (Fsp3) is 0.750. The third-order valence-electron chi connectivity index (χ3n) is 9.93. The first-order valence-corrected chi connectivity index (χ1v) is 23.1. The Hall–Kier alpha value is -5.23. The van der Waals surface area contributed by atoms with Gasteiger partial charge < -0.3 is 70.2 Å². The molecule has 16 N–H and O–H groups in total. The molecule has 0 aromatic heterocycles. The van der Waals surface area contributed by atoms with Crippen LogP contribution in [0.4, 0.5) is 0 Å². The van der Waals surface area contributed by atoms with E-state index in [4.69, 9.17) is 22.9 Å². The summed E-state index contributed by atoms with van der Waals surface area (Å²) >= 11 is 1.41. The minimum atomic E-state index is -1.22. The Morgan fingerprint density at radius 2 is 1.25 bits per heavy atom. The molecule has 0 aromatic carbocycles. The van der Waals surface area contributed by atoms with E-state index in [2.05, 4.69) is 42.2 Å². The minimum Gasteiger partial charge on any atom is -0.480 e. The number of thioether (sulfide) groups is 1. The summed E-state index contributed by atoms with van der Waals surface area (Å²) in [5, 5.41) is 27.2. The Morgan fingerprint density at radius 3 is 1.81 bits per heavy atom. The molecule has 1 fully saturated rings. The Kier molecular flexibility index (Phi) is 27.3. The maximum atomic E-state index is 13.9. The largest absolute Gasteiger partial charge is 0.480 e. The molecule has 64 heavy (non-hydrogen) atoms. The van der Waals surface area contributed by atoms with Crippen LogP contribution in [0.2, 0.25) is 0 Å². The van der Waals surface area contributed by atoms with Crippen molar-refractivity contribution in [3.05, 3.63) is 0 Å². The fourth-order valence-electron chi connectivity index (χ4n) is 6.72. The van der Waals surface area contributed by atoms with Crippen LogP contribution in [0.25, 0.3) is 0 Å². The molecule has 8 amide bonds. The van der Waals surface area contributed by atoms with Crippen LogP contribution in [0.1, 0.15) is 91.9 Å². The second-order valence-electron chi connectivity index (χ2n) is 16.5. The van der Waals surface area contributed by atoms with Crippen LogP contribution >= 0.6 is 11.8 Å². The number of nitrogens with one attached hydrogen (secondary N) is 7.